The first-order valence-electron chi connectivity index (χ1n) is 2.34. The number of rotatable bonds is 2. The van der Waals surface area contributed by atoms with Gasteiger partial charge in [0.2, 0.25) is 0 Å². The summed E-state index contributed by atoms with van der Waals surface area (Å²) in [6.07, 6.45) is -4.14. The molecule has 0 aromatic rings. The average molecular weight is 206 g/mol. The lowest BCUT2D eigenvalue weighted by molar-refractivity contribution is -0.126. The van der Waals surface area contributed by atoms with Crippen molar-refractivity contribution >= 4 is 15.9 Å². The van der Waals surface area contributed by atoms with E-state index in [-0.39, 0.29) is 6.54 Å². The molecule has 0 heterocycles. The van der Waals surface area contributed by atoms with Crippen molar-refractivity contribution in [1.29, 1.82) is 0 Å². The monoisotopic (exact) mass is 205 g/mol. The summed E-state index contributed by atoms with van der Waals surface area (Å²) in [7, 11) is 1.47. The molecule has 0 aliphatic rings. The molecule has 0 bridgehead atoms. The molecule has 5 heteroatoms. The fraction of sp³-hybridized carbons (Fsp3) is 1.00. The van der Waals surface area contributed by atoms with E-state index in [1.807, 2.05) is 0 Å². The minimum atomic E-state index is -4.14. The third-order valence-corrected chi connectivity index (χ3v) is 1.58. The van der Waals surface area contributed by atoms with Gasteiger partial charge in [0, 0.05) is 6.54 Å². The maximum atomic E-state index is 11.5. The van der Waals surface area contributed by atoms with Gasteiger partial charge in [0.15, 0.2) is 0 Å². The number of hydrogen-bond donors (Lipinski definition) is 1. The normalized spacial score (nSPS) is 15.7. The van der Waals surface area contributed by atoms with Crippen LogP contribution in [0.2, 0.25) is 0 Å². The lowest BCUT2D eigenvalue weighted by atomic mass is 10.4. The van der Waals surface area contributed by atoms with Crippen LogP contribution in [-0.4, -0.2) is 24.6 Å². The second kappa shape index (κ2) is 3.41. The average Bonchev–Trinajstić information content (AvgIpc) is 1.64. The second-order valence-corrected chi connectivity index (χ2v) is 2.67. The molecule has 0 aliphatic carbocycles. The van der Waals surface area contributed by atoms with E-state index in [0.717, 1.165) is 0 Å². The summed E-state index contributed by atoms with van der Waals surface area (Å²) >= 11 is 2.47. The first kappa shape index (κ1) is 9.23. The summed E-state index contributed by atoms with van der Waals surface area (Å²) < 4.78 is 34.6. The highest BCUT2D eigenvalue weighted by Crippen LogP contribution is 2.25. The Morgan fingerprint density at radius 3 is 2.11 bits per heavy atom. The van der Waals surface area contributed by atoms with Gasteiger partial charge in [-0.15, -0.1) is 0 Å². The summed E-state index contributed by atoms with van der Waals surface area (Å²) in [6.45, 7) is -0.0938. The van der Waals surface area contributed by atoms with Crippen LogP contribution < -0.4 is 5.32 Å². The molecule has 0 saturated carbocycles. The van der Waals surface area contributed by atoms with Crippen molar-refractivity contribution in [2.75, 3.05) is 13.6 Å². The molecule has 0 fully saturated rings. The van der Waals surface area contributed by atoms with Crippen molar-refractivity contribution in [3.05, 3.63) is 0 Å². The largest absolute Gasteiger partial charge is 0.402 e. The molecule has 0 saturated heterocycles. The van der Waals surface area contributed by atoms with Gasteiger partial charge in [-0.25, -0.2) is 0 Å². The van der Waals surface area contributed by atoms with Crippen LogP contribution >= 0.6 is 15.9 Å². The van der Waals surface area contributed by atoms with Gasteiger partial charge in [0.25, 0.3) is 0 Å². The Kier molecular flexibility index (Phi) is 3.50. The van der Waals surface area contributed by atoms with E-state index < -0.39 is 11.0 Å². The van der Waals surface area contributed by atoms with Gasteiger partial charge in [-0.05, 0) is 7.05 Å². The van der Waals surface area contributed by atoms with Crippen molar-refractivity contribution in [2.45, 2.75) is 11.0 Å². The van der Waals surface area contributed by atoms with E-state index >= 15 is 0 Å². The number of hydrogen-bond acceptors (Lipinski definition) is 1. The third kappa shape index (κ3) is 3.75. The molecule has 0 aromatic carbocycles. The van der Waals surface area contributed by atoms with Crippen LogP contribution in [0.5, 0.6) is 0 Å². The highest BCUT2D eigenvalue weighted by molar-refractivity contribution is 9.09. The van der Waals surface area contributed by atoms with Crippen LogP contribution in [0.4, 0.5) is 13.2 Å². The molecule has 1 atom stereocenters. The van der Waals surface area contributed by atoms with Crippen LogP contribution in [0.25, 0.3) is 0 Å². The Morgan fingerprint density at radius 1 is 1.56 bits per heavy atom. The fourth-order valence-electron chi connectivity index (χ4n) is 0.295. The maximum absolute atomic E-state index is 11.5. The molecule has 1 N–H and O–H groups in total. The SMILES string of the molecule is CNCC(Br)C(F)(F)F. The molecule has 0 aromatic heterocycles. The van der Waals surface area contributed by atoms with E-state index in [4.69, 9.17) is 0 Å². The molecule has 0 spiro atoms. The predicted molar refractivity (Wildman–Crippen MR) is 32.7 cm³/mol. The van der Waals surface area contributed by atoms with E-state index in [2.05, 4.69) is 21.2 Å². The quantitative estimate of drug-likeness (QED) is 0.675. The fourth-order valence-corrected chi connectivity index (χ4v) is 0.619. The van der Waals surface area contributed by atoms with Crippen molar-refractivity contribution in [1.82, 2.24) is 5.32 Å². The third-order valence-electron chi connectivity index (χ3n) is 0.739. The molecule has 9 heavy (non-hydrogen) atoms. The Morgan fingerprint density at radius 2 is 2.00 bits per heavy atom. The Balaban J connectivity index is 3.59. The molecule has 0 radical (unpaired) electrons. The number of nitrogens with one attached hydrogen (secondary N) is 1. The topological polar surface area (TPSA) is 12.0 Å². The minimum Gasteiger partial charge on any atom is -0.318 e. The Labute approximate surface area is 59.7 Å². The first-order valence-corrected chi connectivity index (χ1v) is 3.25. The highest BCUT2D eigenvalue weighted by atomic mass is 79.9. The van der Waals surface area contributed by atoms with Crippen LogP contribution in [0, 0.1) is 0 Å². The van der Waals surface area contributed by atoms with E-state index in [1.54, 1.807) is 0 Å². The van der Waals surface area contributed by atoms with Crippen molar-refractivity contribution in [3.8, 4) is 0 Å². The summed E-state index contributed by atoms with van der Waals surface area (Å²) in [5, 5.41) is 2.41. The lowest BCUT2D eigenvalue weighted by Gasteiger charge is -2.12. The Hall–Kier alpha value is 0.230. The van der Waals surface area contributed by atoms with E-state index in [1.165, 1.54) is 7.05 Å². The van der Waals surface area contributed by atoms with Crippen molar-refractivity contribution in [2.24, 2.45) is 0 Å². The predicted octanol–water partition coefficient (Wildman–Crippen LogP) is 1.53. The van der Waals surface area contributed by atoms with Crippen LogP contribution in [0.1, 0.15) is 0 Å². The van der Waals surface area contributed by atoms with Gasteiger partial charge in [0.1, 0.15) is 4.83 Å². The first-order chi connectivity index (χ1) is 3.98. The van der Waals surface area contributed by atoms with Gasteiger partial charge in [0.05, 0.1) is 0 Å². The van der Waals surface area contributed by atoms with Crippen LogP contribution in [0.3, 0.4) is 0 Å². The molecule has 56 valence electrons. The van der Waals surface area contributed by atoms with Gasteiger partial charge >= 0.3 is 6.18 Å². The molecule has 0 rings (SSSR count). The smallest absolute Gasteiger partial charge is 0.318 e. The number of alkyl halides is 4. The maximum Gasteiger partial charge on any atom is 0.402 e. The zero-order valence-electron chi connectivity index (χ0n) is 4.80. The van der Waals surface area contributed by atoms with Gasteiger partial charge in [-0.3, -0.25) is 0 Å². The zero-order chi connectivity index (χ0) is 7.49. The summed E-state index contributed by atoms with van der Waals surface area (Å²) in [5.74, 6) is 0. The van der Waals surface area contributed by atoms with E-state index in [9.17, 15) is 13.2 Å². The van der Waals surface area contributed by atoms with Crippen molar-refractivity contribution < 1.29 is 13.2 Å². The zero-order valence-corrected chi connectivity index (χ0v) is 6.38. The van der Waals surface area contributed by atoms with E-state index in [0.29, 0.717) is 0 Å². The molecule has 1 unspecified atom stereocenters. The van der Waals surface area contributed by atoms with Gasteiger partial charge in [-0.2, -0.15) is 13.2 Å². The standard InChI is InChI=1S/C4H7BrF3N/c1-9-2-3(5)4(6,7)8/h3,9H,2H2,1H3. The minimum absolute atomic E-state index is 0.0938. The lowest BCUT2D eigenvalue weighted by Crippen LogP contribution is -2.32. The second-order valence-electron chi connectivity index (χ2n) is 1.57. The van der Waals surface area contributed by atoms with Crippen LogP contribution in [-0.2, 0) is 0 Å². The van der Waals surface area contributed by atoms with Crippen LogP contribution in [0.15, 0.2) is 0 Å². The molecule has 0 aliphatic heterocycles. The van der Waals surface area contributed by atoms with Gasteiger partial charge < -0.3 is 5.32 Å². The summed E-state index contributed by atoms with van der Waals surface area (Å²) in [4.78, 5) is -1.44. The molecular formula is C4H7BrF3N. The molecule has 0 amide bonds. The summed E-state index contributed by atoms with van der Waals surface area (Å²) in [5.41, 5.74) is 0. The number of halogens is 4. The summed E-state index contributed by atoms with van der Waals surface area (Å²) in [6, 6.07) is 0. The van der Waals surface area contributed by atoms with Gasteiger partial charge in [-0.1, -0.05) is 15.9 Å². The molecule has 1 nitrogen and oxygen atoms in total. The Bertz CT molecular complexity index is 82.4. The molecular weight excluding hydrogens is 199 g/mol. The highest BCUT2D eigenvalue weighted by Gasteiger charge is 2.36. The van der Waals surface area contributed by atoms with Crippen molar-refractivity contribution in [3.63, 3.8) is 0 Å².